The topological polar surface area (TPSA) is 66.4 Å². The van der Waals surface area contributed by atoms with Crippen LogP contribution in [-0.2, 0) is 23.2 Å². The minimum atomic E-state index is -3.57. The van der Waals surface area contributed by atoms with Gasteiger partial charge in [0.15, 0.2) is 0 Å². The molecule has 0 aliphatic carbocycles. The maximum atomic E-state index is 12.2. The van der Waals surface area contributed by atoms with Crippen molar-refractivity contribution < 1.29 is 13.5 Å². The fourth-order valence-electron chi connectivity index (χ4n) is 1.84. The first kappa shape index (κ1) is 14.7. The normalized spacial score (nSPS) is 11.5. The van der Waals surface area contributed by atoms with Crippen LogP contribution in [0.1, 0.15) is 16.7 Å². The Morgan fingerprint density at radius 1 is 1.10 bits per heavy atom. The molecule has 106 valence electrons. The highest BCUT2D eigenvalue weighted by atomic mass is 32.2. The third kappa shape index (κ3) is 3.45. The SMILES string of the molecule is Cc1ccc(S(=O)(=O)NCc2ccccc2)cc1CO. The number of hydrogen-bond donors (Lipinski definition) is 2. The summed E-state index contributed by atoms with van der Waals surface area (Å²) < 4.78 is 26.9. The summed E-state index contributed by atoms with van der Waals surface area (Å²) in [6.45, 7) is 1.90. The van der Waals surface area contributed by atoms with Crippen molar-refractivity contribution in [3.63, 3.8) is 0 Å². The molecule has 0 saturated heterocycles. The number of aliphatic hydroxyl groups is 1. The molecule has 2 aromatic carbocycles. The van der Waals surface area contributed by atoms with Crippen LogP contribution in [0.3, 0.4) is 0 Å². The number of hydrogen-bond acceptors (Lipinski definition) is 3. The first-order valence-corrected chi connectivity index (χ1v) is 7.75. The molecule has 0 aliphatic heterocycles. The molecule has 4 nitrogen and oxygen atoms in total. The Hall–Kier alpha value is -1.69. The van der Waals surface area contributed by atoms with Gasteiger partial charge in [0.1, 0.15) is 0 Å². The summed E-state index contributed by atoms with van der Waals surface area (Å²) in [5.41, 5.74) is 2.38. The molecule has 0 spiro atoms. The molecule has 0 saturated carbocycles. The predicted octanol–water partition coefficient (Wildman–Crippen LogP) is 1.97. The van der Waals surface area contributed by atoms with Crippen molar-refractivity contribution in [2.75, 3.05) is 0 Å². The molecule has 2 rings (SSSR count). The minimum Gasteiger partial charge on any atom is -0.392 e. The number of sulfonamides is 1. The average Bonchev–Trinajstić information content (AvgIpc) is 2.46. The monoisotopic (exact) mass is 291 g/mol. The van der Waals surface area contributed by atoms with E-state index in [1.807, 2.05) is 37.3 Å². The van der Waals surface area contributed by atoms with Crippen LogP contribution in [-0.4, -0.2) is 13.5 Å². The molecule has 0 aliphatic rings. The number of aliphatic hydroxyl groups excluding tert-OH is 1. The number of benzene rings is 2. The first-order valence-electron chi connectivity index (χ1n) is 6.27. The maximum Gasteiger partial charge on any atom is 0.240 e. The fourth-order valence-corrected chi connectivity index (χ4v) is 2.91. The minimum absolute atomic E-state index is 0.170. The lowest BCUT2D eigenvalue weighted by Crippen LogP contribution is -2.23. The van der Waals surface area contributed by atoms with Crippen LogP contribution in [0.15, 0.2) is 53.4 Å². The molecule has 0 atom stereocenters. The van der Waals surface area contributed by atoms with Crippen molar-refractivity contribution in [3.8, 4) is 0 Å². The van der Waals surface area contributed by atoms with Crippen LogP contribution >= 0.6 is 0 Å². The largest absolute Gasteiger partial charge is 0.392 e. The zero-order valence-corrected chi connectivity index (χ0v) is 12.0. The van der Waals surface area contributed by atoms with Gasteiger partial charge in [0, 0.05) is 6.54 Å². The van der Waals surface area contributed by atoms with Gasteiger partial charge in [-0.1, -0.05) is 36.4 Å². The van der Waals surface area contributed by atoms with Gasteiger partial charge < -0.3 is 5.11 Å². The molecule has 0 unspecified atom stereocenters. The van der Waals surface area contributed by atoms with E-state index in [9.17, 15) is 13.5 Å². The fraction of sp³-hybridized carbons (Fsp3) is 0.200. The average molecular weight is 291 g/mol. The molecule has 0 fully saturated rings. The van der Waals surface area contributed by atoms with Crippen molar-refractivity contribution in [2.24, 2.45) is 0 Å². The van der Waals surface area contributed by atoms with Gasteiger partial charge in [-0.15, -0.1) is 0 Å². The highest BCUT2D eigenvalue weighted by molar-refractivity contribution is 7.89. The van der Waals surface area contributed by atoms with Crippen molar-refractivity contribution in [1.82, 2.24) is 4.72 Å². The van der Waals surface area contributed by atoms with Gasteiger partial charge >= 0.3 is 0 Å². The van der Waals surface area contributed by atoms with Gasteiger partial charge in [-0.25, -0.2) is 13.1 Å². The smallest absolute Gasteiger partial charge is 0.240 e. The second-order valence-electron chi connectivity index (χ2n) is 4.56. The van der Waals surface area contributed by atoms with Crippen LogP contribution in [0.25, 0.3) is 0 Å². The Labute approximate surface area is 119 Å². The third-order valence-electron chi connectivity index (χ3n) is 3.11. The summed E-state index contributed by atoms with van der Waals surface area (Å²) in [5.74, 6) is 0. The molecule has 20 heavy (non-hydrogen) atoms. The Balaban J connectivity index is 2.18. The van der Waals surface area contributed by atoms with Gasteiger partial charge in [-0.05, 0) is 35.7 Å². The van der Waals surface area contributed by atoms with Gasteiger partial charge in [0.05, 0.1) is 11.5 Å². The van der Waals surface area contributed by atoms with Gasteiger partial charge in [-0.3, -0.25) is 0 Å². The Kier molecular flexibility index (Phi) is 4.54. The van der Waals surface area contributed by atoms with E-state index in [0.29, 0.717) is 5.56 Å². The van der Waals surface area contributed by atoms with Crippen LogP contribution in [0.5, 0.6) is 0 Å². The Morgan fingerprint density at radius 2 is 1.80 bits per heavy atom. The zero-order valence-electron chi connectivity index (χ0n) is 11.2. The second-order valence-corrected chi connectivity index (χ2v) is 6.32. The number of nitrogens with one attached hydrogen (secondary N) is 1. The molecule has 0 bridgehead atoms. The highest BCUT2D eigenvalue weighted by Gasteiger charge is 2.14. The first-order chi connectivity index (χ1) is 9.53. The molecule has 2 aromatic rings. The van der Waals surface area contributed by atoms with E-state index < -0.39 is 10.0 Å². The van der Waals surface area contributed by atoms with E-state index in [-0.39, 0.29) is 18.0 Å². The lowest BCUT2D eigenvalue weighted by molar-refractivity contribution is 0.280. The summed E-state index contributed by atoms with van der Waals surface area (Å²) in [6.07, 6.45) is 0. The predicted molar refractivity (Wildman–Crippen MR) is 77.6 cm³/mol. The lowest BCUT2D eigenvalue weighted by Gasteiger charge is -2.09. The molecule has 2 N–H and O–H groups in total. The van der Waals surface area contributed by atoms with E-state index in [1.165, 1.54) is 6.07 Å². The Bertz CT molecular complexity index is 682. The lowest BCUT2D eigenvalue weighted by atomic mass is 10.1. The molecule has 5 heteroatoms. The quantitative estimate of drug-likeness (QED) is 0.885. The second kappa shape index (κ2) is 6.17. The van der Waals surface area contributed by atoms with E-state index in [1.54, 1.807) is 12.1 Å². The third-order valence-corrected chi connectivity index (χ3v) is 4.51. The highest BCUT2D eigenvalue weighted by Crippen LogP contribution is 2.16. The van der Waals surface area contributed by atoms with Crippen LogP contribution < -0.4 is 4.72 Å². The number of rotatable bonds is 5. The van der Waals surface area contributed by atoms with Crippen molar-refractivity contribution in [2.45, 2.75) is 25.0 Å². The summed E-state index contributed by atoms with van der Waals surface area (Å²) >= 11 is 0. The molecular formula is C15H17NO3S. The van der Waals surface area contributed by atoms with Crippen molar-refractivity contribution >= 4 is 10.0 Å². The molecular weight excluding hydrogens is 274 g/mol. The van der Waals surface area contributed by atoms with Gasteiger partial charge in [-0.2, -0.15) is 0 Å². The molecule has 0 aromatic heterocycles. The summed E-state index contributed by atoms with van der Waals surface area (Å²) in [4.78, 5) is 0.170. The standard InChI is InChI=1S/C15H17NO3S/c1-12-7-8-15(9-14(12)11-17)20(18,19)16-10-13-5-3-2-4-6-13/h2-9,16-17H,10-11H2,1H3. The van der Waals surface area contributed by atoms with Crippen LogP contribution in [0.2, 0.25) is 0 Å². The van der Waals surface area contributed by atoms with E-state index >= 15 is 0 Å². The van der Waals surface area contributed by atoms with E-state index in [2.05, 4.69) is 4.72 Å². The van der Waals surface area contributed by atoms with Gasteiger partial charge in [0.2, 0.25) is 10.0 Å². The van der Waals surface area contributed by atoms with E-state index in [4.69, 9.17) is 0 Å². The van der Waals surface area contributed by atoms with Crippen molar-refractivity contribution in [3.05, 3.63) is 65.2 Å². The summed E-state index contributed by atoms with van der Waals surface area (Å²) in [5, 5.41) is 9.20. The maximum absolute atomic E-state index is 12.2. The Morgan fingerprint density at radius 3 is 2.45 bits per heavy atom. The molecule has 0 radical (unpaired) electrons. The van der Waals surface area contributed by atoms with Crippen molar-refractivity contribution in [1.29, 1.82) is 0 Å². The molecule has 0 amide bonds. The zero-order chi connectivity index (χ0) is 14.6. The van der Waals surface area contributed by atoms with Gasteiger partial charge in [0.25, 0.3) is 0 Å². The van der Waals surface area contributed by atoms with E-state index in [0.717, 1.165) is 11.1 Å². The summed E-state index contributed by atoms with van der Waals surface area (Å²) in [7, 11) is -3.57. The summed E-state index contributed by atoms with van der Waals surface area (Å²) in [6, 6.07) is 14.1. The van der Waals surface area contributed by atoms with Crippen LogP contribution in [0.4, 0.5) is 0 Å². The number of aryl methyl sites for hydroxylation is 1. The molecule has 0 heterocycles. The van der Waals surface area contributed by atoms with Crippen LogP contribution in [0, 0.1) is 6.92 Å².